The number of aromatic nitrogens is 1. The summed E-state index contributed by atoms with van der Waals surface area (Å²) >= 11 is 23.5. The van der Waals surface area contributed by atoms with Crippen LogP contribution in [0.15, 0.2) is 24.4 Å². The summed E-state index contributed by atoms with van der Waals surface area (Å²) in [5.74, 6) is 4.06. The van der Waals surface area contributed by atoms with Crippen LogP contribution in [-0.4, -0.2) is 178 Å². The number of nitrogens with one attached hydrogen (secondary N) is 10. The molecule has 0 bridgehead atoms. The van der Waals surface area contributed by atoms with Crippen molar-refractivity contribution >= 4 is 146 Å². The Morgan fingerprint density at radius 2 is 0.869 bits per heavy atom. The van der Waals surface area contributed by atoms with Gasteiger partial charge in [-0.2, -0.15) is 63.5 Å². The molecule has 10 saturated heterocycles. The van der Waals surface area contributed by atoms with Crippen LogP contribution in [0.1, 0.15) is 135 Å². The minimum atomic E-state index is -0.729. The molecule has 29 heteroatoms. The molecule has 21 nitrogen and oxygen atoms in total. The molecule has 11 rings (SSSR count). The van der Waals surface area contributed by atoms with E-state index in [1.54, 1.807) is 24.4 Å². The third kappa shape index (κ3) is 21.6. The number of unbranched alkanes of at least 4 members (excludes halogenated alkanes) is 7. The molecule has 470 valence electrons. The number of rotatable bonds is 25. The van der Waals surface area contributed by atoms with Crippen LogP contribution >= 0.6 is 98.6 Å². The molecule has 0 aromatic carbocycles. The van der Waals surface area contributed by atoms with Crippen molar-refractivity contribution in [2.45, 2.75) is 222 Å². The Bertz CT molecular complexity index is 2370. The largest absolute Gasteiger partial charge is 0.481 e. The second kappa shape index (κ2) is 35.7. The molecule has 0 radical (unpaired) electrons. The van der Waals surface area contributed by atoms with E-state index in [2.05, 4.69) is 76.0 Å². The van der Waals surface area contributed by atoms with Crippen LogP contribution < -0.4 is 58.0 Å². The van der Waals surface area contributed by atoms with Crippen molar-refractivity contribution < 1.29 is 48.3 Å². The van der Waals surface area contributed by atoms with Gasteiger partial charge in [0.25, 0.3) is 0 Å². The van der Waals surface area contributed by atoms with Gasteiger partial charge in [-0.1, -0.05) is 92.5 Å². The Balaban J connectivity index is 0.000000153. The highest BCUT2D eigenvalue weighted by Gasteiger charge is 2.46. The number of pyridine rings is 1. The van der Waals surface area contributed by atoms with Crippen LogP contribution in [0.4, 0.5) is 24.0 Å². The lowest BCUT2D eigenvalue weighted by atomic mass is 10.0. The summed E-state index contributed by atoms with van der Waals surface area (Å²) in [4.78, 5) is 93.7. The van der Waals surface area contributed by atoms with Gasteiger partial charge in [0.15, 0.2) is 0 Å². The maximum absolute atomic E-state index is 11.8. The predicted molar refractivity (Wildman–Crippen MR) is 345 cm³/mol. The Kier molecular flexibility index (Phi) is 29.1. The zero-order valence-corrected chi connectivity index (χ0v) is 54.9. The van der Waals surface area contributed by atoms with E-state index in [1.807, 2.05) is 58.8 Å². The van der Waals surface area contributed by atoms with Gasteiger partial charge in [0.05, 0.1) is 60.4 Å². The number of hydrogen-bond donors (Lipinski definition) is 11. The van der Waals surface area contributed by atoms with Gasteiger partial charge in [0, 0.05) is 85.8 Å². The standard InChI is InChI=1S/C15H19N3O3S2.C11H20N2OS.C10H15ClN2O2S.C10H16N2O3S.C9H15BrN2OS/c19-13(21-18-8-4-3-6-12(18)22)7-2-1-5-11-14-10(9-23-11)16-15(20)17-14;1-2-3-4-5-6-9-10-8(7-15-9)12-11(14)13-10;11-8(14)4-2-1-3-7-9-6(5-16-7)12-10(15)13-9;13-8(14)4-2-1-3-7-9-6(5-16-7)11-10(15)12-9;10-4-2-1-3-7-8-6(5-14-7)11-9(13)12-8/h3-4,6,8,10-11,14H,1-2,5,7,9H2,(H2,16,17,20);8-10H,2-7H2,1H3,(H2,12,13,14);6-7,9H,1-5H2,(H2,12,13,15);6-7,9H,1-5H2,(H,13,14)(H2,11,12,15);6-8H,1-5H2,(H2,11,12,13)/t10-,11-,14-;8-,9-,10-;2*6-,7-,9-;6-,7-,8-/m00000/s1. The summed E-state index contributed by atoms with van der Waals surface area (Å²) in [5, 5.41) is 41.5. The molecule has 1 aromatic rings. The minimum Gasteiger partial charge on any atom is -0.481 e. The molecule has 10 fully saturated rings. The summed E-state index contributed by atoms with van der Waals surface area (Å²) in [5.41, 5.74) is 0. The molecule has 1 aromatic heterocycles. The van der Waals surface area contributed by atoms with Crippen LogP contribution in [0.25, 0.3) is 0 Å². The van der Waals surface area contributed by atoms with Crippen LogP contribution in [0, 0.1) is 4.64 Å². The van der Waals surface area contributed by atoms with Gasteiger partial charge in [-0.05, 0) is 81.5 Å². The zero-order valence-electron chi connectivity index (χ0n) is 47.6. The fourth-order valence-electron chi connectivity index (χ4n) is 11.9. The van der Waals surface area contributed by atoms with Crippen molar-refractivity contribution in [1.29, 1.82) is 0 Å². The summed E-state index contributed by atoms with van der Waals surface area (Å²) in [6.45, 7) is 2.24. The van der Waals surface area contributed by atoms with Gasteiger partial charge >= 0.3 is 42.1 Å². The molecule has 0 spiro atoms. The van der Waals surface area contributed by atoms with E-state index in [-0.39, 0.29) is 84.0 Å². The number of aliphatic carboxylic acids is 1. The number of carboxylic acid groups (broad SMARTS) is 1. The number of hydrogen-bond acceptors (Lipinski definition) is 15. The second-order valence-corrected chi connectivity index (χ2v) is 30.5. The van der Waals surface area contributed by atoms with Crippen LogP contribution in [-0.2, 0) is 14.4 Å². The Hall–Kier alpha value is -3.15. The molecule has 0 saturated carbocycles. The normalized spacial score (nSPS) is 31.1. The number of amides is 10. The highest BCUT2D eigenvalue weighted by molar-refractivity contribution is 9.09. The molecule has 84 heavy (non-hydrogen) atoms. The number of nitrogens with zero attached hydrogens (tertiary/aromatic N) is 1. The number of carbonyl (C=O) groups excluding carboxylic acids is 7. The minimum absolute atomic E-state index is 0.0193. The SMILES string of the molecule is CCCCCC[C@@H]1SC[C@@H]2NC(=O)N[C@@H]21.O=C(Cl)CCCC[C@@H]1SC[C@@H]2NC(=O)N[C@@H]21.O=C(O)CCCC[C@@H]1SC[C@@H]2NC(=O)N[C@@H]21.O=C1N[C@H]2[C@H](CS[C@H]2CCCCBr)N1.O=C1N[C@H]2[C@H](CS[C@H]2CCCCC(=O)On2ccccc2=S)N1. The molecule has 0 aliphatic carbocycles. The average molecular weight is 1370 g/mol. The number of halogens is 2. The van der Waals surface area contributed by atoms with Gasteiger partial charge in [-0.3, -0.25) is 9.59 Å². The number of thioether (sulfide) groups is 5. The molecule has 15 atom stereocenters. The van der Waals surface area contributed by atoms with Gasteiger partial charge in [0.2, 0.25) is 5.24 Å². The molecular weight excluding hydrogens is 1280 g/mol. The van der Waals surface area contributed by atoms with Crippen molar-refractivity contribution in [1.82, 2.24) is 57.9 Å². The second-order valence-electron chi connectivity index (χ2n) is 22.5. The number of carbonyl (C=O) groups is 8. The average Bonchev–Trinajstić information content (AvgIpc) is 4.19. The maximum Gasteiger partial charge on any atom is 0.332 e. The molecule has 0 unspecified atom stereocenters. The Morgan fingerprint density at radius 1 is 0.524 bits per heavy atom. The summed E-state index contributed by atoms with van der Waals surface area (Å²) < 4.78 is 1.79. The first kappa shape index (κ1) is 68.3. The van der Waals surface area contributed by atoms with Crippen molar-refractivity contribution in [2.24, 2.45) is 0 Å². The Labute approximate surface area is 533 Å². The lowest BCUT2D eigenvalue weighted by molar-refractivity contribution is -0.144. The van der Waals surface area contributed by atoms with Crippen LogP contribution in [0.3, 0.4) is 0 Å². The highest BCUT2D eigenvalue weighted by atomic mass is 79.9. The monoisotopic (exact) mass is 1370 g/mol. The Morgan fingerprint density at radius 3 is 1.20 bits per heavy atom. The molecular formula is C55H85BrClN11O10S6. The topological polar surface area (TPSA) is 291 Å². The summed E-state index contributed by atoms with van der Waals surface area (Å²) in [6.07, 6.45) is 21.2. The first-order valence-electron chi connectivity index (χ1n) is 29.9. The molecule has 10 aliphatic rings. The molecule has 11 heterocycles. The van der Waals surface area contributed by atoms with E-state index in [9.17, 15) is 38.4 Å². The van der Waals surface area contributed by atoms with Crippen molar-refractivity contribution in [2.75, 3.05) is 34.1 Å². The fourth-order valence-corrected chi connectivity index (χ4v) is 20.3. The maximum atomic E-state index is 11.8. The van der Waals surface area contributed by atoms with Gasteiger partial charge in [-0.15, -0.1) is 0 Å². The number of alkyl halides is 1. The van der Waals surface area contributed by atoms with Crippen LogP contribution in [0.2, 0.25) is 0 Å². The number of fused-ring (bicyclic) bond motifs is 5. The lowest BCUT2D eigenvalue weighted by Gasteiger charge is -2.16. The predicted octanol–water partition coefficient (Wildman–Crippen LogP) is 8.01. The van der Waals surface area contributed by atoms with Crippen LogP contribution in [0.5, 0.6) is 0 Å². The first-order chi connectivity index (χ1) is 40.6. The van der Waals surface area contributed by atoms with E-state index in [0.29, 0.717) is 67.9 Å². The number of urea groups is 5. The molecule has 10 amide bonds. The summed E-state index contributed by atoms with van der Waals surface area (Å²) in [6, 6.07) is 8.23. The number of carboxylic acids is 1. The van der Waals surface area contributed by atoms with Gasteiger partial charge < -0.3 is 63.1 Å². The van der Waals surface area contributed by atoms with Crippen molar-refractivity contribution in [3.05, 3.63) is 29.0 Å². The highest BCUT2D eigenvalue weighted by Crippen LogP contribution is 2.37. The fraction of sp³-hybridized carbons (Fsp3) is 0.764. The van der Waals surface area contributed by atoms with Gasteiger partial charge in [0.1, 0.15) is 4.64 Å². The third-order valence-electron chi connectivity index (χ3n) is 16.3. The van der Waals surface area contributed by atoms with Gasteiger partial charge in [-0.25, -0.2) is 28.8 Å². The molecule has 10 aliphatic heterocycles. The van der Waals surface area contributed by atoms with Crippen molar-refractivity contribution in [3.63, 3.8) is 0 Å². The first-order valence-corrected chi connectivity index (χ1v) is 37.0. The summed E-state index contributed by atoms with van der Waals surface area (Å²) in [7, 11) is 0. The van der Waals surface area contributed by atoms with E-state index < -0.39 is 5.97 Å². The quantitative estimate of drug-likeness (QED) is 0.0145. The van der Waals surface area contributed by atoms with Crippen molar-refractivity contribution in [3.8, 4) is 0 Å². The van der Waals surface area contributed by atoms with E-state index in [0.717, 1.165) is 91.9 Å². The van der Waals surface area contributed by atoms with E-state index in [1.165, 1.54) is 56.1 Å². The lowest BCUT2D eigenvalue weighted by Crippen LogP contribution is -2.36. The smallest absolute Gasteiger partial charge is 0.332 e. The molecule has 11 N–H and O–H groups in total. The van der Waals surface area contributed by atoms with E-state index in [4.69, 9.17) is 33.8 Å². The van der Waals surface area contributed by atoms with E-state index >= 15 is 0 Å². The zero-order chi connectivity index (χ0) is 60.0. The third-order valence-corrected chi connectivity index (χ3v) is 24.9.